The molecular formula is C96H64N2. The minimum Gasteiger partial charge on any atom is -0.310 e. The first kappa shape index (κ1) is 39.7. The van der Waals surface area contributed by atoms with Crippen molar-refractivity contribution in [3.05, 3.63) is 388 Å². The molecule has 2 heteroatoms. The number of nitrogens with zero attached hydrogens (tertiary/aromatic N) is 2. The molecule has 0 bridgehead atoms. The van der Waals surface area contributed by atoms with Crippen molar-refractivity contribution in [3.63, 3.8) is 0 Å². The molecular weight excluding hydrogens is 1180 g/mol. The van der Waals surface area contributed by atoms with Gasteiger partial charge >= 0.3 is 0 Å². The lowest BCUT2D eigenvalue weighted by molar-refractivity contribution is 1.30. The minimum absolute atomic E-state index is 0.0305. The van der Waals surface area contributed by atoms with Crippen LogP contribution in [-0.2, 0) is 0 Å². The van der Waals surface area contributed by atoms with Crippen LogP contribution in [0, 0.1) is 0 Å². The van der Waals surface area contributed by atoms with Crippen LogP contribution in [0.5, 0.6) is 0 Å². The Kier molecular flexibility index (Phi) is 10.1. The summed E-state index contributed by atoms with van der Waals surface area (Å²) in [5.74, 6) is 0. The fourth-order valence-corrected chi connectivity index (χ4v) is 13.5. The molecule has 0 amide bonds. The van der Waals surface area contributed by atoms with Crippen LogP contribution >= 0.6 is 0 Å². The number of hydrogen-bond donors (Lipinski definition) is 0. The molecule has 98 heavy (non-hydrogen) atoms. The standard InChI is InChI=1S/C50H33N.C46H31N/c1-4-14-43-35(10-1)13-9-19-44(43)37-26-30-42(31-27-37)51(50-33-40-12-3-6-16-46(40)47-17-7-8-18-48(47)50)41-28-24-34(25-29-41)39-23-22-38-21-20-36-11-2-5-15-45(36)49(38)32-39;1-2-10-32(11-3-1)33-22-26-39(27-23-33)47(46-31-38-13-5-7-15-42(38)43-16-8-9-17-44(43)46)40-28-24-34(25-29-40)37-21-20-36-19-18-35-12-4-6-14-41(35)45(36)30-37/h1-33H;1-31H/i24D,25D,26D,27D,28D,29D,30D,31D;1D,2D,3D,10D,11D,22D,23D,24D,25D,26D,27D,28D,29D. The molecule has 0 atom stereocenters. The fourth-order valence-electron chi connectivity index (χ4n) is 13.5. The molecule has 0 unspecified atom stereocenters. The highest BCUT2D eigenvalue weighted by Crippen LogP contribution is 2.46. The van der Waals surface area contributed by atoms with E-state index in [4.69, 9.17) is 6.85 Å². The fraction of sp³-hybridized carbons (Fsp3) is 0. The first-order valence-electron chi connectivity index (χ1n) is 42.6. The Bertz CT molecular complexity index is 7470. The van der Waals surface area contributed by atoms with Crippen LogP contribution in [0.1, 0.15) is 28.8 Å². The van der Waals surface area contributed by atoms with Crippen LogP contribution in [0.15, 0.2) is 388 Å². The number of fused-ring (bicyclic) bond motifs is 13. The van der Waals surface area contributed by atoms with Gasteiger partial charge < -0.3 is 9.80 Å². The second-order valence-corrected chi connectivity index (χ2v) is 23.9. The van der Waals surface area contributed by atoms with Gasteiger partial charge in [0.1, 0.15) is 0 Å². The van der Waals surface area contributed by atoms with Gasteiger partial charge in [-0.25, -0.2) is 0 Å². The lowest BCUT2D eigenvalue weighted by Crippen LogP contribution is -2.10. The molecule has 0 fully saturated rings. The zero-order valence-corrected chi connectivity index (χ0v) is 52.2. The molecule has 19 aromatic carbocycles. The SMILES string of the molecule is [2H]c1c([2H])c(N(c2c([2H])c([2H])c(-c3cccc4ccccc34)c([2H])c2[2H])c2cc3ccccc3c3ccccc23)c([2H])c([2H])c1-c1ccc2ccc3ccccc3c2c1.[2H]c1c([2H])c([2H])c(-c2c([2H])c([2H])c(N(c3c([2H])c([2H])c(-c4ccc5ccc6ccccc6c5c4)c([2H])c3[2H])c3cc4ccccc4c4ccccc34)c([2H])c2[2H])c([2H])c1[2H]. The van der Waals surface area contributed by atoms with Crippen molar-refractivity contribution >= 4 is 131 Å². The molecule has 19 aromatic rings. The number of anilines is 6. The molecule has 0 saturated carbocycles. The largest absolute Gasteiger partial charge is 0.310 e. The zero-order chi connectivity index (χ0) is 83.2. The van der Waals surface area contributed by atoms with Gasteiger partial charge in [-0.1, -0.05) is 315 Å². The summed E-state index contributed by atoms with van der Waals surface area (Å²) >= 11 is 0. The number of benzene rings is 19. The number of rotatable bonds is 10. The van der Waals surface area contributed by atoms with Crippen LogP contribution in [0.2, 0.25) is 0 Å². The van der Waals surface area contributed by atoms with Gasteiger partial charge in [-0.2, -0.15) is 0 Å². The Morgan fingerprint density at radius 3 is 0.878 bits per heavy atom. The average Bonchev–Trinajstić information content (AvgIpc) is 0.721. The molecule has 0 aliphatic rings. The summed E-state index contributed by atoms with van der Waals surface area (Å²) in [6, 6.07) is 71.0. The third kappa shape index (κ3) is 10.6. The van der Waals surface area contributed by atoms with Crippen molar-refractivity contribution < 1.29 is 28.8 Å². The second-order valence-electron chi connectivity index (χ2n) is 23.9. The van der Waals surface area contributed by atoms with Crippen LogP contribution < -0.4 is 9.80 Å². The first-order valence-corrected chi connectivity index (χ1v) is 32.1. The quantitative estimate of drug-likeness (QED) is 0.126. The van der Waals surface area contributed by atoms with Gasteiger partial charge in [0.25, 0.3) is 0 Å². The first-order chi connectivity index (χ1) is 57.4. The van der Waals surface area contributed by atoms with E-state index in [0.717, 1.165) is 80.8 Å². The topological polar surface area (TPSA) is 6.48 Å². The van der Waals surface area contributed by atoms with Crippen LogP contribution in [0.3, 0.4) is 0 Å². The van der Waals surface area contributed by atoms with Crippen LogP contribution in [0.4, 0.5) is 34.1 Å². The highest BCUT2D eigenvalue weighted by Gasteiger charge is 2.21. The predicted octanol–water partition coefficient (Wildman–Crippen LogP) is 27.4. The lowest BCUT2D eigenvalue weighted by Gasteiger charge is -2.28. The predicted molar refractivity (Wildman–Crippen MR) is 422 cm³/mol. The van der Waals surface area contributed by atoms with Gasteiger partial charge in [-0.15, -0.1) is 0 Å². The van der Waals surface area contributed by atoms with E-state index in [1.165, 1.54) is 9.80 Å². The Morgan fingerprint density at radius 2 is 0.459 bits per heavy atom. The van der Waals surface area contributed by atoms with Crippen molar-refractivity contribution in [3.8, 4) is 44.5 Å². The van der Waals surface area contributed by atoms with E-state index in [2.05, 4.69) is 0 Å². The highest BCUT2D eigenvalue weighted by molar-refractivity contribution is 6.17. The maximum atomic E-state index is 9.68. The second kappa shape index (κ2) is 24.8. The van der Waals surface area contributed by atoms with Crippen molar-refractivity contribution in [2.24, 2.45) is 0 Å². The van der Waals surface area contributed by atoms with Crippen molar-refractivity contribution in [2.45, 2.75) is 0 Å². The summed E-state index contributed by atoms with van der Waals surface area (Å²) in [6.45, 7) is 0. The molecule has 0 heterocycles. The summed E-state index contributed by atoms with van der Waals surface area (Å²) < 4.78 is 194. The van der Waals surface area contributed by atoms with Crippen LogP contribution in [-0.4, -0.2) is 0 Å². The maximum Gasteiger partial charge on any atom is 0.0645 e. The number of hydrogen-bond acceptors (Lipinski definition) is 2. The maximum absolute atomic E-state index is 9.68. The third-order valence-electron chi connectivity index (χ3n) is 18.2. The third-order valence-corrected chi connectivity index (χ3v) is 18.2. The van der Waals surface area contributed by atoms with Crippen molar-refractivity contribution in [1.82, 2.24) is 0 Å². The summed E-state index contributed by atoms with van der Waals surface area (Å²) in [5, 5.41) is 15.4. The smallest absolute Gasteiger partial charge is 0.0645 e. The lowest BCUT2D eigenvalue weighted by atomic mass is 9.96. The van der Waals surface area contributed by atoms with E-state index in [9.17, 15) is 21.9 Å². The van der Waals surface area contributed by atoms with Gasteiger partial charge in [0.2, 0.25) is 0 Å². The molecule has 0 N–H and O–H groups in total. The van der Waals surface area contributed by atoms with E-state index in [-0.39, 0.29) is 87.8 Å². The molecule has 0 aliphatic carbocycles. The summed E-state index contributed by atoms with van der Waals surface area (Å²) in [4.78, 5) is 2.65. The van der Waals surface area contributed by atoms with Gasteiger partial charge in [0, 0.05) is 33.5 Å². The van der Waals surface area contributed by atoms with E-state index in [1.54, 1.807) is 30.3 Å². The highest BCUT2D eigenvalue weighted by atomic mass is 15.1. The molecule has 0 aromatic heterocycles. The van der Waals surface area contributed by atoms with E-state index in [1.807, 2.05) is 231 Å². The summed E-state index contributed by atoms with van der Waals surface area (Å²) in [6.07, 6.45) is 0. The molecule has 0 saturated heterocycles. The molecule has 0 aliphatic heterocycles. The van der Waals surface area contributed by atoms with E-state index < -0.39 is 95.4 Å². The van der Waals surface area contributed by atoms with E-state index in [0.29, 0.717) is 38.5 Å². The normalized spacial score (nSPS) is 14.5. The minimum atomic E-state index is -0.727. The van der Waals surface area contributed by atoms with Crippen LogP contribution in [0.25, 0.3) is 141 Å². The average molecular weight is 1270 g/mol. The van der Waals surface area contributed by atoms with E-state index >= 15 is 0 Å². The van der Waals surface area contributed by atoms with Crippen molar-refractivity contribution in [1.29, 1.82) is 0 Å². The molecule has 2 nitrogen and oxygen atoms in total. The van der Waals surface area contributed by atoms with Crippen molar-refractivity contribution in [2.75, 3.05) is 9.80 Å². The van der Waals surface area contributed by atoms with Gasteiger partial charge in [0.05, 0.1) is 40.2 Å². The summed E-state index contributed by atoms with van der Waals surface area (Å²) in [7, 11) is 0. The van der Waals surface area contributed by atoms with Gasteiger partial charge in [-0.3, -0.25) is 0 Å². The molecule has 458 valence electrons. The molecule has 19 rings (SSSR count). The monoisotopic (exact) mass is 1270 g/mol. The molecule has 0 spiro atoms. The summed E-state index contributed by atoms with van der Waals surface area (Å²) in [5.41, 5.74) is 0.255. The zero-order valence-electron chi connectivity index (χ0n) is 73.2. The Balaban J connectivity index is 0.000000164. The Morgan fingerprint density at radius 1 is 0.173 bits per heavy atom. The Labute approximate surface area is 599 Å². The van der Waals surface area contributed by atoms with Gasteiger partial charge in [-0.05, 0) is 203 Å². The van der Waals surface area contributed by atoms with Gasteiger partial charge in [0.15, 0.2) is 0 Å². The molecule has 0 radical (unpaired) electrons. The Hall–Kier alpha value is -12.9.